The number of hydrogen-bond acceptors (Lipinski definition) is 5. The summed E-state index contributed by atoms with van der Waals surface area (Å²) in [5.74, 6) is 0.243. The van der Waals surface area contributed by atoms with Crippen LogP contribution in [0, 0.1) is 5.21 Å². The third-order valence-electron chi connectivity index (χ3n) is 2.90. The maximum Gasteiger partial charge on any atom is 0.222 e. The van der Waals surface area contributed by atoms with Crippen molar-refractivity contribution >= 4 is 29.1 Å². The molecule has 0 atom stereocenters. The summed E-state index contributed by atoms with van der Waals surface area (Å²) in [7, 11) is 1.38. The lowest BCUT2D eigenvalue weighted by atomic mass is 10.0. The highest BCUT2D eigenvalue weighted by Gasteiger charge is 2.19. The zero-order valence-corrected chi connectivity index (χ0v) is 11.8. The van der Waals surface area contributed by atoms with E-state index < -0.39 is 0 Å². The molecule has 4 N–H and O–H groups in total. The van der Waals surface area contributed by atoms with Crippen LogP contribution in [0.5, 0.6) is 0 Å². The molecule has 0 aliphatic heterocycles. The van der Waals surface area contributed by atoms with Gasteiger partial charge in [0.05, 0.1) is 5.56 Å². The SMILES string of the molecule is C/C(c1nc(N)nc(N)c1-c1ccc(Cl)cc1)=[N+](\C)[O-]. The normalized spacial score (nSPS) is 12.2. The minimum absolute atomic E-state index is 0.0245. The molecule has 0 aliphatic rings. The van der Waals surface area contributed by atoms with Crippen LogP contribution in [0.25, 0.3) is 11.1 Å². The highest BCUT2D eigenvalue weighted by Crippen LogP contribution is 2.29. The fourth-order valence-corrected chi connectivity index (χ4v) is 1.93. The van der Waals surface area contributed by atoms with Gasteiger partial charge in [-0.15, -0.1) is 0 Å². The van der Waals surface area contributed by atoms with Gasteiger partial charge in [0.25, 0.3) is 0 Å². The van der Waals surface area contributed by atoms with Crippen LogP contribution >= 0.6 is 11.6 Å². The first kappa shape index (κ1) is 14.1. The maximum atomic E-state index is 11.5. The standard InChI is InChI=1S/C13H14ClN5O/c1-7(19(2)20)11-10(12(15)18-13(16)17-11)8-3-5-9(14)6-4-8/h3-6H,1-2H3,(H4,15,16,17,18)/b19-7-. The maximum absolute atomic E-state index is 11.5. The zero-order valence-electron chi connectivity index (χ0n) is 11.1. The fraction of sp³-hybridized carbons (Fsp3) is 0.154. The van der Waals surface area contributed by atoms with Gasteiger partial charge >= 0.3 is 0 Å². The molecule has 0 fully saturated rings. The van der Waals surface area contributed by atoms with Crippen molar-refractivity contribution in [3.05, 3.63) is 40.2 Å². The molecular formula is C13H14ClN5O. The number of rotatable bonds is 2. The summed E-state index contributed by atoms with van der Waals surface area (Å²) in [6.45, 7) is 1.65. The molecule has 104 valence electrons. The molecule has 0 unspecified atom stereocenters. The Balaban J connectivity index is 2.74. The molecule has 1 aromatic heterocycles. The average Bonchev–Trinajstić information content (AvgIpc) is 2.38. The van der Waals surface area contributed by atoms with Crippen LogP contribution in [-0.2, 0) is 0 Å². The summed E-state index contributed by atoms with van der Waals surface area (Å²) >= 11 is 5.87. The van der Waals surface area contributed by atoms with Gasteiger partial charge in [0, 0.05) is 11.9 Å². The first-order valence-corrected chi connectivity index (χ1v) is 6.21. The van der Waals surface area contributed by atoms with Gasteiger partial charge in [0.2, 0.25) is 11.7 Å². The lowest BCUT2D eigenvalue weighted by Gasteiger charge is -2.11. The molecule has 0 saturated carbocycles. The second-order valence-corrected chi connectivity index (χ2v) is 4.72. The van der Waals surface area contributed by atoms with Crippen molar-refractivity contribution in [1.82, 2.24) is 9.97 Å². The molecule has 0 aliphatic carbocycles. The molecule has 6 nitrogen and oxygen atoms in total. The first-order chi connectivity index (χ1) is 9.40. The number of aromatic nitrogens is 2. The van der Waals surface area contributed by atoms with Gasteiger partial charge in [-0.05, 0) is 17.7 Å². The Kier molecular flexibility index (Phi) is 3.76. The van der Waals surface area contributed by atoms with Crippen LogP contribution in [0.1, 0.15) is 12.6 Å². The van der Waals surface area contributed by atoms with E-state index >= 15 is 0 Å². The number of nitrogens with two attached hydrogens (primary N) is 2. The largest absolute Gasteiger partial charge is 0.624 e. The second-order valence-electron chi connectivity index (χ2n) is 4.28. The fourth-order valence-electron chi connectivity index (χ4n) is 1.81. The molecule has 1 heterocycles. The molecule has 0 spiro atoms. The van der Waals surface area contributed by atoms with E-state index in [2.05, 4.69) is 9.97 Å². The number of hydroxylamine groups is 1. The van der Waals surface area contributed by atoms with E-state index in [9.17, 15) is 5.21 Å². The summed E-state index contributed by atoms with van der Waals surface area (Å²) in [5.41, 5.74) is 13.7. The molecule has 20 heavy (non-hydrogen) atoms. The van der Waals surface area contributed by atoms with E-state index in [0.29, 0.717) is 26.7 Å². The van der Waals surface area contributed by atoms with E-state index in [1.807, 2.05) is 0 Å². The number of hydrogen-bond donors (Lipinski definition) is 2. The predicted octanol–water partition coefficient (Wildman–Crippen LogP) is 1.91. The first-order valence-electron chi connectivity index (χ1n) is 5.84. The van der Waals surface area contributed by atoms with Crippen LogP contribution in [0.4, 0.5) is 11.8 Å². The van der Waals surface area contributed by atoms with Crippen LogP contribution in [0.3, 0.4) is 0 Å². The molecule has 0 saturated heterocycles. The second kappa shape index (κ2) is 5.34. The highest BCUT2D eigenvalue weighted by atomic mass is 35.5. The number of nitrogens with zero attached hydrogens (tertiary/aromatic N) is 3. The monoisotopic (exact) mass is 291 g/mol. The Hall–Kier alpha value is -2.34. The molecule has 0 bridgehead atoms. The van der Waals surface area contributed by atoms with Gasteiger partial charge in [-0.3, -0.25) is 0 Å². The van der Waals surface area contributed by atoms with Crippen molar-refractivity contribution < 1.29 is 4.74 Å². The Morgan fingerprint density at radius 2 is 1.80 bits per heavy atom. The van der Waals surface area contributed by atoms with Crippen LogP contribution in [0.2, 0.25) is 5.02 Å². The number of anilines is 2. The van der Waals surface area contributed by atoms with Crippen molar-refractivity contribution in [3.8, 4) is 11.1 Å². The van der Waals surface area contributed by atoms with E-state index in [0.717, 1.165) is 5.56 Å². The zero-order chi connectivity index (χ0) is 14.9. The summed E-state index contributed by atoms with van der Waals surface area (Å²) in [4.78, 5) is 8.08. The van der Waals surface area contributed by atoms with Gasteiger partial charge in [0.1, 0.15) is 18.6 Å². The van der Waals surface area contributed by atoms with Crippen molar-refractivity contribution in [2.45, 2.75) is 6.92 Å². The van der Waals surface area contributed by atoms with E-state index in [1.54, 1.807) is 31.2 Å². The van der Waals surface area contributed by atoms with Crippen molar-refractivity contribution in [2.24, 2.45) is 0 Å². The summed E-state index contributed by atoms with van der Waals surface area (Å²) in [5, 5.41) is 12.1. The van der Waals surface area contributed by atoms with Gasteiger partial charge in [0.15, 0.2) is 0 Å². The lowest BCUT2D eigenvalue weighted by Crippen LogP contribution is -2.16. The lowest BCUT2D eigenvalue weighted by molar-refractivity contribution is -0.422. The molecule has 1 aromatic carbocycles. The van der Waals surface area contributed by atoms with Gasteiger partial charge in [-0.1, -0.05) is 23.7 Å². The van der Waals surface area contributed by atoms with Crippen LogP contribution in [-0.4, -0.2) is 27.5 Å². The Labute approximate surface area is 121 Å². The third-order valence-corrected chi connectivity index (χ3v) is 3.15. The summed E-state index contributed by atoms with van der Waals surface area (Å²) in [6.07, 6.45) is 0. The van der Waals surface area contributed by atoms with Gasteiger partial charge < -0.3 is 16.7 Å². The van der Waals surface area contributed by atoms with Gasteiger partial charge in [-0.25, -0.2) is 9.72 Å². The third kappa shape index (κ3) is 2.65. The van der Waals surface area contributed by atoms with E-state index in [-0.39, 0.29) is 11.8 Å². The quantitative estimate of drug-likeness (QED) is 0.381. The molecule has 7 heteroatoms. The Bertz CT molecular complexity index is 678. The number of nitrogen functional groups attached to an aromatic ring is 2. The van der Waals surface area contributed by atoms with Crippen LogP contribution < -0.4 is 11.5 Å². The Morgan fingerprint density at radius 3 is 2.35 bits per heavy atom. The molecule has 2 rings (SSSR count). The smallest absolute Gasteiger partial charge is 0.222 e. The van der Waals surface area contributed by atoms with Crippen molar-refractivity contribution in [2.75, 3.05) is 18.5 Å². The van der Waals surface area contributed by atoms with Gasteiger partial charge in [-0.2, -0.15) is 4.98 Å². The predicted molar refractivity (Wildman–Crippen MR) is 80.6 cm³/mol. The van der Waals surface area contributed by atoms with E-state index in [1.165, 1.54) is 7.05 Å². The van der Waals surface area contributed by atoms with Crippen LogP contribution in [0.15, 0.2) is 24.3 Å². The average molecular weight is 292 g/mol. The number of benzene rings is 1. The molecule has 0 radical (unpaired) electrons. The molecule has 0 amide bonds. The van der Waals surface area contributed by atoms with Crippen molar-refractivity contribution in [1.29, 1.82) is 0 Å². The van der Waals surface area contributed by atoms with E-state index in [4.69, 9.17) is 23.1 Å². The minimum Gasteiger partial charge on any atom is -0.624 e. The van der Waals surface area contributed by atoms with Crippen molar-refractivity contribution in [3.63, 3.8) is 0 Å². The number of halogens is 1. The topological polar surface area (TPSA) is 104 Å². The summed E-state index contributed by atoms with van der Waals surface area (Å²) < 4.78 is 0.709. The summed E-state index contributed by atoms with van der Waals surface area (Å²) in [6, 6.07) is 7.03. The molecular weight excluding hydrogens is 278 g/mol. The minimum atomic E-state index is 0.0245. The molecule has 2 aromatic rings. The Morgan fingerprint density at radius 1 is 1.20 bits per heavy atom. The highest BCUT2D eigenvalue weighted by molar-refractivity contribution is 6.30.